The van der Waals surface area contributed by atoms with E-state index in [2.05, 4.69) is 18.9 Å². The predicted molar refractivity (Wildman–Crippen MR) is 165 cm³/mol. The Hall–Kier alpha value is -4.37. The van der Waals surface area contributed by atoms with E-state index in [9.17, 15) is 9.59 Å². The summed E-state index contributed by atoms with van der Waals surface area (Å²) in [6.07, 6.45) is 1.23. The molecule has 0 atom stereocenters. The molecule has 0 spiro atoms. The molecule has 0 aliphatic carbocycles. The van der Waals surface area contributed by atoms with E-state index < -0.39 is 5.97 Å². The van der Waals surface area contributed by atoms with Crippen molar-refractivity contribution >= 4 is 34.7 Å². The highest BCUT2D eigenvalue weighted by atomic mass is 35.5. The van der Waals surface area contributed by atoms with Crippen LogP contribution in [0.1, 0.15) is 50.3 Å². The minimum Gasteiger partial charge on any atom is -0.496 e. The van der Waals surface area contributed by atoms with Crippen LogP contribution in [-0.2, 0) is 9.53 Å². The average molecular weight is 592 g/mol. The Bertz CT molecular complexity index is 1710. The topological polar surface area (TPSA) is 101 Å². The maximum atomic E-state index is 13.7. The Balaban J connectivity index is 1.81. The van der Waals surface area contributed by atoms with Gasteiger partial charge in [0.25, 0.3) is 5.56 Å². The summed E-state index contributed by atoms with van der Waals surface area (Å²) in [5.41, 5.74) is 3.40. The molecule has 10 heteroatoms. The zero-order valence-corrected chi connectivity index (χ0v) is 25.5. The maximum Gasteiger partial charge on any atom is 0.344 e. The van der Waals surface area contributed by atoms with Crippen molar-refractivity contribution in [1.82, 2.24) is 9.66 Å². The van der Waals surface area contributed by atoms with Crippen LogP contribution in [0.2, 0.25) is 5.02 Å². The van der Waals surface area contributed by atoms with Crippen LogP contribution in [0, 0.1) is 6.92 Å². The average Bonchev–Trinajstić information content (AvgIpc) is 2.95. The van der Waals surface area contributed by atoms with Gasteiger partial charge in [0.2, 0.25) is 0 Å². The number of hydrogen-bond donors (Lipinski definition) is 0. The number of carbonyl (C=O) groups is 1. The zero-order chi connectivity index (χ0) is 30.6. The molecule has 0 radical (unpaired) electrons. The summed E-state index contributed by atoms with van der Waals surface area (Å²) in [4.78, 5) is 30.6. The molecule has 0 unspecified atom stereocenters. The monoisotopic (exact) mass is 591 g/mol. The van der Waals surface area contributed by atoms with Crippen LogP contribution in [0.3, 0.4) is 0 Å². The minimum absolute atomic E-state index is 0.172. The zero-order valence-electron chi connectivity index (χ0n) is 24.7. The highest BCUT2D eigenvalue weighted by Gasteiger charge is 2.19. The van der Waals surface area contributed by atoms with E-state index in [4.69, 9.17) is 35.5 Å². The predicted octanol–water partition coefficient (Wildman–Crippen LogP) is 6.38. The lowest BCUT2D eigenvalue weighted by Gasteiger charge is -2.17. The molecule has 0 aliphatic heterocycles. The van der Waals surface area contributed by atoms with Gasteiger partial charge in [0.05, 0.1) is 42.5 Å². The van der Waals surface area contributed by atoms with E-state index in [0.29, 0.717) is 22.3 Å². The molecule has 0 aliphatic rings. The van der Waals surface area contributed by atoms with E-state index in [-0.39, 0.29) is 40.7 Å². The van der Waals surface area contributed by atoms with Gasteiger partial charge >= 0.3 is 5.97 Å². The summed E-state index contributed by atoms with van der Waals surface area (Å²) in [5, 5.41) is 5.20. The summed E-state index contributed by atoms with van der Waals surface area (Å²) in [6, 6.07) is 14.3. The van der Waals surface area contributed by atoms with Gasteiger partial charge in [0.1, 0.15) is 5.75 Å². The normalized spacial score (nSPS) is 11.5. The number of benzene rings is 3. The molecule has 0 fully saturated rings. The van der Waals surface area contributed by atoms with E-state index >= 15 is 0 Å². The summed E-state index contributed by atoms with van der Waals surface area (Å²) in [7, 11) is 3.10. The van der Waals surface area contributed by atoms with Gasteiger partial charge in [-0.25, -0.2) is 9.78 Å². The molecule has 0 N–H and O–H groups in total. The van der Waals surface area contributed by atoms with Crippen LogP contribution in [0.25, 0.3) is 22.3 Å². The molecule has 1 aromatic heterocycles. The molecular weight excluding hydrogens is 558 g/mol. The Morgan fingerprint density at radius 3 is 2.43 bits per heavy atom. The fraction of sp³-hybridized carbons (Fsp3) is 0.312. The summed E-state index contributed by atoms with van der Waals surface area (Å²) in [5.74, 6) is 1.28. The number of rotatable bonds is 10. The molecule has 0 bridgehead atoms. The number of aromatic nitrogens is 2. The number of ether oxygens (including phenoxy) is 4. The number of hydrogen-bond acceptors (Lipinski definition) is 8. The van der Waals surface area contributed by atoms with Crippen LogP contribution in [-0.4, -0.2) is 48.8 Å². The number of carbonyl (C=O) groups excluding carboxylic acids is 1. The molecule has 4 rings (SSSR count). The molecule has 0 saturated heterocycles. The first kappa shape index (κ1) is 30.6. The van der Waals surface area contributed by atoms with Crippen LogP contribution in [0.4, 0.5) is 0 Å². The van der Waals surface area contributed by atoms with E-state index in [0.717, 1.165) is 22.4 Å². The third kappa shape index (κ3) is 6.57. The van der Waals surface area contributed by atoms with Crippen molar-refractivity contribution in [3.05, 3.63) is 80.6 Å². The smallest absolute Gasteiger partial charge is 0.344 e. The maximum absolute atomic E-state index is 13.7. The minimum atomic E-state index is -0.529. The molecular formula is C32H34ClN3O6. The standard InChI is InChI=1S/C32H34ClN3O6/c1-18(2)23-15-24(20(5)12-27(23)39-6)31-35-26-11-9-8-10-22(26)32(38)36(31)34-16-21-13-25(33)30(28(14-21)40-7)41-17-29(37)42-19(3)4/h8-16,18-19H,17H2,1-7H3. The molecule has 0 amide bonds. The highest BCUT2D eigenvalue weighted by Crippen LogP contribution is 2.37. The summed E-state index contributed by atoms with van der Waals surface area (Å²) in [6.45, 7) is 9.27. The number of nitrogens with zero attached hydrogens (tertiary/aromatic N) is 3. The first-order chi connectivity index (χ1) is 20.0. The molecule has 3 aromatic carbocycles. The number of fused-ring (bicyclic) bond motifs is 1. The van der Waals surface area contributed by atoms with Gasteiger partial charge in [-0.15, -0.1) is 0 Å². The fourth-order valence-electron chi connectivity index (χ4n) is 4.48. The van der Waals surface area contributed by atoms with Gasteiger partial charge in [0, 0.05) is 5.56 Å². The molecule has 42 heavy (non-hydrogen) atoms. The van der Waals surface area contributed by atoms with Crippen LogP contribution in [0.5, 0.6) is 17.2 Å². The second-order valence-electron chi connectivity index (χ2n) is 10.2. The molecule has 0 saturated carbocycles. The Labute approximate surface area is 249 Å². The first-order valence-corrected chi connectivity index (χ1v) is 13.9. The molecule has 220 valence electrons. The first-order valence-electron chi connectivity index (χ1n) is 13.5. The van der Waals surface area contributed by atoms with Crippen LogP contribution < -0.4 is 19.8 Å². The number of esters is 1. The Morgan fingerprint density at radius 1 is 1.05 bits per heavy atom. The number of halogens is 1. The third-order valence-corrected chi connectivity index (χ3v) is 6.75. The van der Waals surface area contributed by atoms with Gasteiger partial charge in [-0.1, -0.05) is 37.6 Å². The second-order valence-corrected chi connectivity index (χ2v) is 10.6. The molecule has 4 aromatic rings. The Morgan fingerprint density at radius 2 is 1.76 bits per heavy atom. The number of para-hydroxylation sites is 1. The van der Waals surface area contributed by atoms with E-state index in [1.54, 1.807) is 51.3 Å². The quantitative estimate of drug-likeness (QED) is 0.156. The fourth-order valence-corrected chi connectivity index (χ4v) is 4.75. The number of methoxy groups -OCH3 is 2. The van der Waals surface area contributed by atoms with Crippen molar-refractivity contribution in [2.45, 2.75) is 46.6 Å². The molecule has 9 nitrogen and oxygen atoms in total. The lowest BCUT2D eigenvalue weighted by Crippen LogP contribution is -2.21. The number of aryl methyl sites for hydroxylation is 1. The van der Waals surface area contributed by atoms with Crippen molar-refractivity contribution in [2.24, 2.45) is 5.10 Å². The third-order valence-electron chi connectivity index (χ3n) is 6.47. The Kier molecular flexibility index (Phi) is 9.52. The second kappa shape index (κ2) is 13.1. The van der Waals surface area contributed by atoms with Crippen molar-refractivity contribution in [3.8, 4) is 28.6 Å². The lowest BCUT2D eigenvalue weighted by molar-refractivity contribution is -0.149. The van der Waals surface area contributed by atoms with Gasteiger partial charge < -0.3 is 18.9 Å². The van der Waals surface area contributed by atoms with E-state index in [1.807, 2.05) is 25.1 Å². The van der Waals surface area contributed by atoms with Gasteiger partial charge in [-0.3, -0.25) is 4.79 Å². The van der Waals surface area contributed by atoms with Crippen LogP contribution in [0.15, 0.2) is 58.4 Å². The lowest BCUT2D eigenvalue weighted by atomic mass is 9.96. The molecule has 1 heterocycles. The van der Waals surface area contributed by atoms with Crippen molar-refractivity contribution in [1.29, 1.82) is 0 Å². The van der Waals surface area contributed by atoms with E-state index in [1.165, 1.54) is 18.0 Å². The summed E-state index contributed by atoms with van der Waals surface area (Å²) >= 11 is 6.51. The van der Waals surface area contributed by atoms with Gasteiger partial charge in [-0.2, -0.15) is 9.78 Å². The summed E-state index contributed by atoms with van der Waals surface area (Å²) < 4.78 is 23.1. The van der Waals surface area contributed by atoms with Crippen molar-refractivity contribution in [3.63, 3.8) is 0 Å². The SMILES string of the molecule is COc1cc(C)c(-c2nc3ccccc3c(=O)n2N=Cc2cc(Cl)c(OCC(=O)OC(C)C)c(OC)c2)cc1C(C)C. The van der Waals surface area contributed by atoms with Gasteiger partial charge in [-0.05, 0) is 79.8 Å². The van der Waals surface area contributed by atoms with Gasteiger partial charge in [0.15, 0.2) is 23.9 Å². The van der Waals surface area contributed by atoms with Crippen molar-refractivity contribution in [2.75, 3.05) is 20.8 Å². The largest absolute Gasteiger partial charge is 0.496 e. The van der Waals surface area contributed by atoms with Crippen LogP contribution >= 0.6 is 11.6 Å². The van der Waals surface area contributed by atoms with Crippen molar-refractivity contribution < 1.29 is 23.7 Å². The highest BCUT2D eigenvalue weighted by molar-refractivity contribution is 6.32.